The number of hydrogen-bond acceptors (Lipinski definition) is 4. The number of carbonyl (C=O) groups is 1. The van der Waals surface area contributed by atoms with Crippen molar-refractivity contribution in [1.82, 2.24) is 5.01 Å². The van der Waals surface area contributed by atoms with Crippen LogP contribution in [0.5, 0.6) is 0 Å². The molecule has 0 unspecified atom stereocenters. The summed E-state index contributed by atoms with van der Waals surface area (Å²) in [5.41, 5.74) is 3.03. The molecule has 1 aliphatic heterocycles. The molecule has 1 amide bonds. The molecule has 1 aromatic heterocycles. The third kappa shape index (κ3) is 4.32. The van der Waals surface area contributed by atoms with Crippen LogP contribution in [-0.2, 0) is 10.5 Å². The molecule has 4 nitrogen and oxygen atoms in total. The number of benzene rings is 2. The predicted octanol–water partition coefficient (Wildman–Crippen LogP) is 5.54. The molecule has 4 rings (SSSR count). The van der Waals surface area contributed by atoms with Gasteiger partial charge in [0.2, 0.25) is 0 Å². The van der Waals surface area contributed by atoms with Gasteiger partial charge in [-0.25, -0.2) is 5.01 Å². The number of hydrogen-bond donors (Lipinski definition) is 0. The van der Waals surface area contributed by atoms with Gasteiger partial charge in [-0.2, -0.15) is 5.10 Å². The lowest BCUT2D eigenvalue weighted by Gasteiger charge is -2.19. The molecular formula is C22H19ClN2O2S. The van der Waals surface area contributed by atoms with Crippen LogP contribution in [0.25, 0.3) is 0 Å². The molecule has 1 aliphatic rings. The van der Waals surface area contributed by atoms with Crippen LogP contribution in [0, 0.1) is 0 Å². The second kappa shape index (κ2) is 8.67. The summed E-state index contributed by atoms with van der Waals surface area (Å²) < 4.78 is 5.58. The maximum Gasteiger partial charge on any atom is 0.253 e. The molecule has 6 heteroatoms. The number of thioether (sulfide) groups is 1. The molecule has 28 heavy (non-hydrogen) atoms. The van der Waals surface area contributed by atoms with E-state index < -0.39 is 0 Å². The Morgan fingerprint density at radius 3 is 2.61 bits per heavy atom. The van der Waals surface area contributed by atoms with Gasteiger partial charge in [-0.05, 0) is 35.4 Å². The Morgan fingerprint density at radius 2 is 1.89 bits per heavy atom. The summed E-state index contributed by atoms with van der Waals surface area (Å²) >= 11 is 7.58. The first kappa shape index (κ1) is 18.8. The van der Waals surface area contributed by atoms with Gasteiger partial charge in [-0.3, -0.25) is 4.79 Å². The van der Waals surface area contributed by atoms with Crippen molar-refractivity contribution >= 4 is 35.0 Å². The molecule has 0 aliphatic carbocycles. The Balaban J connectivity index is 1.49. The highest BCUT2D eigenvalue weighted by atomic mass is 35.5. The van der Waals surface area contributed by atoms with E-state index in [0.717, 1.165) is 22.8 Å². The monoisotopic (exact) mass is 410 g/mol. The van der Waals surface area contributed by atoms with Crippen molar-refractivity contribution in [2.75, 3.05) is 5.75 Å². The molecule has 0 spiro atoms. The molecule has 0 radical (unpaired) electrons. The minimum atomic E-state index is -0.217. The van der Waals surface area contributed by atoms with Gasteiger partial charge in [0, 0.05) is 17.2 Å². The third-order valence-electron chi connectivity index (χ3n) is 4.55. The first-order valence-electron chi connectivity index (χ1n) is 9.01. The zero-order valence-corrected chi connectivity index (χ0v) is 16.7. The van der Waals surface area contributed by atoms with Crippen LogP contribution in [0.2, 0.25) is 5.02 Å². The summed E-state index contributed by atoms with van der Waals surface area (Å²) in [6, 6.07) is 21.2. The molecule has 0 saturated heterocycles. The smallest absolute Gasteiger partial charge is 0.253 e. The quantitative estimate of drug-likeness (QED) is 0.535. The fraction of sp³-hybridized carbons (Fsp3) is 0.182. The van der Waals surface area contributed by atoms with Gasteiger partial charge >= 0.3 is 0 Å². The number of furan rings is 1. The molecule has 2 aromatic carbocycles. The molecule has 0 saturated carbocycles. The summed E-state index contributed by atoms with van der Waals surface area (Å²) in [5, 5.41) is 6.88. The Labute approximate surface area is 173 Å². The average Bonchev–Trinajstić information content (AvgIpc) is 3.39. The number of nitrogens with zero attached hydrogens (tertiary/aromatic N) is 2. The maximum absolute atomic E-state index is 12.9. The molecule has 0 bridgehead atoms. The topological polar surface area (TPSA) is 45.8 Å². The van der Waals surface area contributed by atoms with E-state index in [4.69, 9.17) is 16.0 Å². The average molecular weight is 411 g/mol. The SMILES string of the molecule is O=C(CSCc1ccccc1)N1N=C(c2ccc(Cl)cc2)C[C@@H]1c1ccco1. The van der Waals surface area contributed by atoms with Crippen molar-refractivity contribution in [3.8, 4) is 0 Å². The Hall–Kier alpha value is -2.50. The van der Waals surface area contributed by atoms with Crippen molar-refractivity contribution in [3.63, 3.8) is 0 Å². The predicted molar refractivity (Wildman–Crippen MR) is 114 cm³/mol. The summed E-state index contributed by atoms with van der Waals surface area (Å²) in [6.45, 7) is 0. The van der Waals surface area contributed by atoms with Crippen molar-refractivity contribution in [2.45, 2.75) is 18.2 Å². The molecule has 2 heterocycles. The van der Waals surface area contributed by atoms with Crippen LogP contribution in [-0.4, -0.2) is 22.4 Å². The Morgan fingerprint density at radius 1 is 1.11 bits per heavy atom. The number of halogens is 1. The first-order chi connectivity index (χ1) is 13.7. The lowest BCUT2D eigenvalue weighted by Crippen LogP contribution is -2.28. The normalized spacial score (nSPS) is 16.2. The molecule has 3 aromatic rings. The second-order valence-corrected chi connectivity index (χ2v) is 7.93. The first-order valence-corrected chi connectivity index (χ1v) is 10.5. The largest absolute Gasteiger partial charge is 0.467 e. The number of carbonyl (C=O) groups excluding carboxylic acids is 1. The van der Waals surface area contributed by atoms with Crippen LogP contribution in [0.4, 0.5) is 0 Å². The standard InChI is InChI=1S/C22H19ClN2O2S/c23-18-10-8-17(9-11-18)19-13-20(21-7-4-12-27-21)25(24-19)22(26)15-28-14-16-5-2-1-3-6-16/h1-12,20H,13-15H2/t20-/m1/s1. The van der Waals surface area contributed by atoms with Gasteiger partial charge in [0.25, 0.3) is 5.91 Å². The van der Waals surface area contributed by atoms with Crippen LogP contribution in [0.3, 0.4) is 0 Å². The highest BCUT2D eigenvalue weighted by molar-refractivity contribution is 7.99. The van der Waals surface area contributed by atoms with Gasteiger partial charge in [0.1, 0.15) is 11.8 Å². The van der Waals surface area contributed by atoms with E-state index in [1.807, 2.05) is 54.6 Å². The van der Waals surface area contributed by atoms with Crippen LogP contribution in [0.1, 0.15) is 29.3 Å². The molecule has 0 fully saturated rings. The maximum atomic E-state index is 12.9. The van der Waals surface area contributed by atoms with E-state index in [2.05, 4.69) is 17.2 Å². The third-order valence-corrected chi connectivity index (χ3v) is 5.79. The summed E-state index contributed by atoms with van der Waals surface area (Å²) in [5.74, 6) is 1.88. The van der Waals surface area contributed by atoms with Gasteiger partial charge < -0.3 is 4.42 Å². The zero-order valence-electron chi connectivity index (χ0n) is 15.1. The van der Waals surface area contributed by atoms with Gasteiger partial charge in [0.05, 0.1) is 17.7 Å². The van der Waals surface area contributed by atoms with E-state index in [9.17, 15) is 4.79 Å². The molecule has 142 valence electrons. The lowest BCUT2D eigenvalue weighted by atomic mass is 10.0. The lowest BCUT2D eigenvalue weighted by molar-refractivity contribution is -0.130. The van der Waals surface area contributed by atoms with Crippen LogP contribution in [0.15, 0.2) is 82.5 Å². The number of amides is 1. The van der Waals surface area contributed by atoms with E-state index >= 15 is 0 Å². The molecule has 1 atom stereocenters. The highest BCUT2D eigenvalue weighted by Gasteiger charge is 2.34. The minimum absolute atomic E-state index is 0.0219. The van der Waals surface area contributed by atoms with Gasteiger partial charge in [0.15, 0.2) is 0 Å². The second-order valence-electron chi connectivity index (χ2n) is 6.51. The van der Waals surface area contributed by atoms with Gasteiger partial charge in [-0.15, -0.1) is 11.8 Å². The summed E-state index contributed by atoms with van der Waals surface area (Å²) in [7, 11) is 0. The number of hydrazone groups is 1. The minimum Gasteiger partial charge on any atom is -0.467 e. The van der Waals surface area contributed by atoms with E-state index in [-0.39, 0.29) is 11.9 Å². The van der Waals surface area contributed by atoms with Crippen molar-refractivity contribution in [1.29, 1.82) is 0 Å². The Bertz CT molecular complexity index is 956. The zero-order chi connectivity index (χ0) is 19.3. The van der Waals surface area contributed by atoms with E-state index in [1.54, 1.807) is 23.0 Å². The molecule has 0 N–H and O–H groups in total. The van der Waals surface area contributed by atoms with Crippen molar-refractivity contribution < 1.29 is 9.21 Å². The molecular weight excluding hydrogens is 392 g/mol. The highest BCUT2D eigenvalue weighted by Crippen LogP contribution is 2.33. The van der Waals surface area contributed by atoms with Crippen molar-refractivity contribution in [2.24, 2.45) is 5.10 Å². The van der Waals surface area contributed by atoms with E-state index in [1.165, 1.54) is 5.56 Å². The van der Waals surface area contributed by atoms with Crippen molar-refractivity contribution in [3.05, 3.63) is 94.9 Å². The summed E-state index contributed by atoms with van der Waals surface area (Å²) in [4.78, 5) is 12.9. The van der Waals surface area contributed by atoms with Crippen LogP contribution < -0.4 is 0 Å². The fourth-order valence-electron chi connectivity index (χ4n) is 3.16. The Kier molecular flexibility index (Phi) is 5.84. The van der Waals surface area contributed by atoms with Gasteiger partial charge in [-0.1, -0.05) is 54.1 Å². The number of rotatable bonds is 6. The van der Waals surface area contributed by atoms with E-state index in [0.29, 0.717) is 17.2 Å². The van der Waals surface area contributed by atoms with Crippen LogP contribution >= 0.6 is 23.4 Å². The fourth-order valence-corrected chi connectivity index (χ4v) is 4.12. The summed E-state index contributed by atoms with van der Waals surface area (Å²) in [6.07, 6.45) is 2.24.